The van der Waals surface area contributed by atoms with Crippen molar-refractivity contribution in [3.05, 3.63) is 51.2 Å². The molecule has 0 bridgehead atoms. The number of nitrogens with one attached hydrogen (secondary N) is 1. The van der Waals surface area contributed by atoms with E-state index in [0.29, 0.717) is 6.42 Å². The number of piperazine rings is 1. The van der Waals surface area contributed by atoms with E-state index in [9.17, 15) is 13.2 Å². The molecule has 1 aromatic carbocycles. The highest BCUT2D eigenvalue weighted by Gasteiger charge is 2.38. The summed E-state index contributed by atoms with van der Waals surface area (Å²) in [5, 5.41) is 26.0. The minimum Gasteiger partial charge on any atom is -0.475 e. The molecule has 1 aliphatic heterocycles. The number of hydrogen-bond acceptors (Lipinski definition) is 6. The molecule has 0 spiro atoms. The smallest absolute Gasteiger partial charge is 0.475 e. The van der Waals surface area contributed by atoms with Gasteiger partial charge in [-0.3, -0.25) is 10.00 Å². The fourth-order valence-electron chi connectivity index (χ4n) is 4.32. The van der Waals surface area contributed by atoms with Gasteiger partial charge in [-0.25, -0.2) is 4.79 Å². The fraction of sp³-hybridized carbons (Fsp3) is 0.385. The Balaban J connectivity index is 0.000000405. The molecule has 1 fully saturated rings. The predicted molar refractivity (Wildman–Crippen MR) is 135 cm³/mol. The van der Waals surface area contributed by atoms with Crippen molar-refractivity contribution in [1.29, 1.82) is 0 Å². The molecular weight excluding hydrogens is 505 g/mol. The highest BCUT2D eigenvalue weighted by molar-refractivity contribution is 7.11. The Labute approximate surface area is 216 Å². The number of alkyl halides is 3. The standard InChI is InChI=1S/C24H26N4OS.C2HF3O2/c1-27-7-9-28(10-8-27)15-17-5-6-21-18(12-17)14-22-23(25-26-24(21)22)19-13-20(30-16-19)4-2-3-11-29;3-2(4,5)1(6)7/h5-6,12-13,16,29H,3,7-11,14-15H2,1H3,(H,25,26);(H,6,7). The Hall–Kier alpha value is -3.17. The van der Waals surface area contributed by atoms with Crippen LogP contribution in [0.2, 0.25) is 0 Å². The number of thiophene rings is 1. The van der Waals surface area contributed by atoms with Crippen molar-refractivity contribution in [2.24, 2.45) is 0 Å². The minimum absolute atomic E-state index is 0.104. The molecule has 7 nitrogen and oxygen atoms in total. The van der Waals surface area contributed by atoms with E-state index in [2.05, 4.69) is 68.5 Å². The van der Waals surface area contributed by atoms with Crippen molar-refractivity contribution in [1.82, 2.24) is 20.0 Å². The lowest BCUT2D eigenvalue weighted by Crippen LogP contribution is -2.43. The molecule has 0 saturated carbocycles. The number of benzene rings is 1. The molecule has 0 unspecified atom stereocenters. The molecule has 3 N–H and O–H groups in total. The predicted octanol–water partition coefficient (Wildman–Crippen LogP) is 3.82. The zero-order valence-corrected chi connectivity index (χ0v) is 21.0. The summed E-state index contributed by atoms with van der Waals surface area (Å²) in [6.07, 6.45) is -3.65. The van der Waals surface area contributed by atoms with Crippen LogP contribution in [0, 0.1) is 11.8 Å². The van der Waals surface area contributed by atoms with Gasteiger partial charge < -0.3 is 15.1 Å². The molecule has 1 saturated heterocycles. The fourth-order valence-corrected chi connectivity index (χ4v) is 5.08. The van der Waals surface area contributed by atoms with E-state index in [0.717, 1.165) is 61.0 Å². The lowest BCUT2D eigenvalue weighted by atomic mass is 10.0. The second-order valence-electron chi connectivity index (χ2n) is 8.95. The first kappa shape index (κ1) is 26.9. The number of hydrogen-bond donors (Lipinski definition) is 3. The normalized spacial score (nSPS) is 15.3. The molecule has 11 heteroatoms. The molecule has 3 heterocycles. The molecule has 0 radical (unpaired) electrons. The van der Waals surface area contributed by atoms with Crippen LogP contribution in [0.1, 0.15) is 28.0 Å². The van der Waals surface area contributed by atoms with Crippen molar-refractivity contribution < 1.29 is 28.2 Å². The molecule has 2 aliphatic rings. The van der Waals surface area contributed by atoms with Crippen LogP contribution >= 0.6 is 11.3 Å². The van der Waals surface area contributed by atoms with Gasteiger partial charge in [0.1, 0.15) is 0 Å². The van der Waals surface area contributed by atoms with Crippen molar-refractivity contribution in [3.8, 4) is 34.4 Å². The molecule has 196 valence electrons. The van der Waals surface area contributed by atoms with Crippen molar-refractivity contribution in [3.63, 3.8) is 0 Å². The number of aliphatic hydroxyl groups excluding tert-OH is 1. The second kappa shape index (κ2) is 11.5. The number of H-pyrrole nitrogens is 1. The summed E-state index contributed by atoms with van der Waals surface area (Å²) in [6.45, 7) is 5.72. The summed E-state index contributed by atoms with van der Waals surface area (Å²) >= 11 is 1.63. The Bertz CT molecular complexity index is 1310. The lowest BCUT2D eigenvalue weighted by molar-refractivity contribution is -0.192. The topological polar surface area (TPSA) is 92.7 Å². The third-order valence-electron chi connectivity index (χ3n) is 6.24. The number of carboxylic acids is 1. The van der Waals surface area contributed by atoms with Gasteiger partial charge >= 0.3 is 12.1 Å². The second-order valence-corrected chi connectivity index (χ2v) is 9.86. The number of aliphatic hydroxyl groups is 1. The third kappa shape index (κ3) is 6.59. The highest BCUT2D eigenvalue weighted by atomic mass is 32.1. The SMILES string of the molecule is CN1CCN(Cc2ccc3c(c2)Cc2c(-c4csc(C#CCCO)c4)n[nH]c2-3)CC1.O=C(O)C(F)(F)F. The molecule has 2 aromatic heterocycles. The van der Waals surface area contributed by atoms with Gasteiger partial charge in [0.25, 0.3) is 0 Å². The van der Waals surface area contributed by atoms with Gasteiger partial charge in [-0.15, -0.1) is 11.3 Å². The van der Waals surface area contributed by atoms with E-state index in [1.54, 1.807) is 11.3 Å². The van der Waals surface area contributed by atoms with Crippen LogP contribution in [0.5, 0.6) is 0 Å². The number of carbonyl (C=O) groups is 1. The van der Waals surface area contributed by atoms with Crippen molar-refractivity contribution >= 4 is 17.3 Å². The Morgan fingerprint density at radius 2 is 1.95 bits per heavy atom. The van der Waals surface area contributed by atoms with Crippen LogP contribution < -0.4 is 0 Å². The average Bonchev–Trinajstić information content (AvgIpc) is 3.56. The van der Waals surface area contributed by atoms with Gasteiger partial charge in [0.05, 0.1) is 22.9 Å². The summed E-state index contributed by atoms with van der Waals surface area (Å²) in [6, 6.07) is 9.01. The number of rotatable bonds is 4. The van der Waals surface area contributed by atoms with E-state index in [-0.39, 0.29) is 6.61 Å². The summed E-state index contributed by atoms with van der Waals surface area (Å²) in [5.41, 5.74) is 8.67. The average molecular weight is 533 g/mol. The van der Waals surface area contributed by atoms with Crippen LogP contribution in [0.3, 0.4) is 0 Å². The number of carboxylic acid groups (broad SMARTS) is 1. The number of halogens is 3. The Morgan fingerprint density at radius 1 is 1.22 bits per heavy atom. The molecule has 0 amide bonds. The van der Waals surface area contributed by atoms with Gasteiger partial charge in [0, 0.05) is 67.6 Å². The zero-order valence-electron chi connectivity index (χ0n) is 20.2. The largest absolute Gasteiger partial charge is 0.490 e. The van der Waals surface area contributed by atoms with E-state index < -0.39 is 12.1 Å². The Morgan fingerprint density at radius 3 is 2.62 bits per heavy atom. The van der Waals surface area contributed by atoms with Crippen molar-refractivity contribution in [2.75, 3.05) is 39.8 Å². The summed E-state index contributed by atoms with van der Waals surface area (Å²) in [5.74, 6) is 3.36. The number of aliphatic carboxylic acids is 1. The minimum atomic E-state index is -5.08. The van der Waals surface area contributed by atoms with Gasteiger partial charge in [-0.2, -0.15) is 18.3 Å². The van der Waals surface area contributed by atoms with Crippen LogP contribution in [0.15, 0.2) is 29.6 Å². The molecule has 37 heavy (non-hydrogen) atoms. The lowest BCUT2D eigenvalue weighted by Gasteiger charge is -2.32. The third-order valence-corrected chi connectivity index (χ3v) is 7.08. The molecule has 1 aliphatic carbocycles. The maximum Gasteiger partial charge on any atom is 0.490 e. The molecular formula is C26H27F3N4O3S. The first-order valence-electron chi connectivity index (χ1n) is 11.7. The van der Waals surface area contributed by atoms with Gasteiger partial charge in [-0.1, -0.05) is 30.0 Å². The summed E-state index contributed by atoms with van der Waals surface area (Å²) < 4.78 is 31.7. The van der Waals surface area contributed by atoms with Crippen LogP contribution in [0.25, 0.3) is 22.5 Å². The van der Waals surface area contributed by atoms with E-state index >= 15 is 0 Å². The van der Waals surface area contributed by atoms with E-state index in [1.165, 1.54) is 22.3 Å². The number of aromatic nitrogens is 2. The monoisotopic (exact) mass is 532 g/mol. The van der Waals surface area contributed by atoms with Crippen LogP contribution in [-0.2, 0) is 17.8 Å². The molecule has 0 atom stereocenters. The first-order valence-corrected chi connectivity index (χ1v) is 12.6. The maximum atomic E-state index is 10.6. The van der Waals surface area contributed by atoms with Gasteiger partial charge in [0.2, 0.25) is 0 Å². The number of fused-ring (bicyclic) bond motifs is 3. The quantitative estimate of drug-likeness (QED) is 0.346. The highest BCUT2D eigenvalue weighted by Crippen LogP contribution is 2.41. The maximum absolute atomic E-state index is 10.6. The summed E-state index contributed by atoms with van der Waals surface area (Å²) in [4.78, 5) is 14.9. The zero-order chi connectivity index (χ0) is 26.6. The van der Waals surface area contributed by atoms with Crippen LogP contribution in [0.4, 0.5) is 13.2 Å². The van der Waals surface area contributed by atoms with Gasteiger partial charge in [-0.05, 0) is 24.2 Å². The molecule has 3 aromatic rings. The number of likely N-dealkylation sites (N-methyl/N-ethyl adjacent to an activating group) is 1. The van der Waals surface area contributed by atoms with E-state index in [1.807, 2.05) is 0 Å². The van der Waals surface area contributed by atoms with Crippen LogP contribution in [-0.4, -0.2) is 82.2 Å². The molecule has 5 rings (SSSR count). The summed E-state index contributed by atoms with van der Waals surface area (Å²) in [7, 11) is 2.20. The Kier molecular flexibility index (Phi) is 8.34. The van der Waals surface area contributed by atoms with Gasteiger partial charge in [0.15, 0.2) is 0 Å². The van der Waals surface area contributed by atoms with Crippen molar-refractivity contribution in [2.45, 2.75) is 25.6 Å². The first-order chi connectivity index (χ1) is 17.7. The van der Waals surface area contributed by atoms with E-state index in [4.69, 9.17) is 15.0 Å². The number of aromatic amines is 1. The number of nitrogens with zero attached hydrogens (tertiary/aromatic N) is 3.